The fourth-order valence-electron chi connectivity index (χ4n) is 2.49. The van der Waals surface area contributed by atoms with Crippen molar-refractivity contribution in [2.75, 3.05) is 0 Å². The number of H-pyrrole nitrogens is 1. The molecule has 0 amide bonds. The van der Waals surface area contributed by atoms with Crippen LogP contribution in [-0.2, 0) is 17.4 Å². The van der Waals surface area contributed by atoms with Gasteiger partial charge in [-0.3, -0.25) is 0 Å². The fraction of sp³-hybridized carbons (Fsp3) is 0.500. The standard InChI is InChI=1S/C16H20Cl3N3O/c1-14(2,3)11-4-6-12(7-5-11)15(23,10-16(17,18)19)8-13-9-20-22-21-13/h4-7,9,23H,8,10H2,1-3H3,(H,20,21,22). The van der Waals surface area contributed by atoms with Crippen molar-refractivity contribution in [2.45, 2.75) is 48.4 Å². The Morgan fingerprint density at radius 2 is 1.61 bits per heavy atom. The van der Waals surface area contributed by atoms with Crippen molar-refractivity contribution in [2.24, 2.45) is 0 Å². The van der Waals surface area contributed by atoms with Gasteiger partial charge in [-0.1, -0.05) is 79.8 Å². The number of aromatic amines is 1. The Morgan fingerprint density at radius 3 is 2.04 bits per heavy atom. The third kappa shape index (κ3) is 5.08. The molecular formula is C16H20Cl3N3O. The Bertz CT molecular complexity index is 630. The zero-order valence-corrected chi connectivity index (χ0v) is 15.5. The van der Waals surface area contributed by atoms with E-state index in [2.05, 4.69) is 36.2 Å². The van der Waals surface area contributed by atoms with Gasteiger partial charge in [-0.05, 0) is 16.5 Å². The number of hydrogen-bond donors (Lipinski definition) is 2. The first-order valence-corrected chi connectivity index (χ1v) is 8.38. The van der Waals surface area contributed by atoms with Crippen LogP contribution in [0.1, 0.15) is 44.0 Å². The molecule has 2 aromatic rings. The second-order valence-corrected chi connectivity index (χ2v) is 9.31. The molecule has 0 saturated heterocycles. The number of halogens is 3. The summed E-state index contributed by atoms with van der Waals surface area (Å²) in [4.78, 5) is 0. The third-order valence-electron chi connectivity index (χ3n) is 3.72. The molecule has 1 aromatic heterocycles. The molecule has 126 valence electrons. The van der Waals surface area contributed by atoms with Gasteiger partial charge in [-0.15, -0.1) is 0 Å². The van der Waals surface area contributed by atoms with E-state index in [1.54, 1.807) is 6.20 Å². The smallest absolute Gasteiger partial charge is 0.193 e. The van der Waals surface area contributed by atoms with Crippen LogP contribution in [-0.4, -0.2) is 24.3 Å². The Balaban J connectivity index is 2.36. The highest BCUT2D eigenvalue weighted by Crippen LogP contribution is 2.41. The molecule has 0 aliphatic rings. The summed E-state index contributed by atoms with van der Waals surface area (Å²) in [6.45, 7) is 6.39. The average molecular weight is 377 g/mol. The SMILES string of the molecule is CC(C)(C)c1ccc(C(O)(Cc2cn[nH]n2)CC(Cl)(Cl)Cl)cc1. The summed E-state index contributed by atoms with van der Waals surface area (Å²) in [5.74, 6) is 0. The topological polar surface area (TPSA) is 61.8 Å². The largest absolute Gasteiger partial charge is 0.385 e. The molecule has 0 fully saturated rings. The number of alkyl halides is 3. The summed E-state index contributed by atoms with van der Waals surface area (Å²) in [5.41, 5.74) is 1.12. The lowest BCUT2D eigenvalue weighted by Gasteiger charge is -2.31. The lowest BCUT2D eigenvalue weighted by molar-refractivity contribution is 0.0279. The van der Waals surface area contributed by atoms with Gasteiger partial charge in [0, 0.05) is 12.8 Å². The highest BCUT2D eigenvalue weighted by atomic mass is 35.6. The van der Waals surface area contributed by atoms with Crippen LogP contribution in [0.5, 0.6) is 0 Å². The van der Waals surface area contributed by atoms with E-state index in [-0.39, 0.29) is 18.3 Å². The first-order chi connectivity index (χ1) is 10.5. The minimum atomic E-state index is -1.58. The summed E-state index contributed by atoms with van der Waals surface area (Å²) in [5, 5.41) is 21.4. The van der Waals surface area contributed by atoms with E-state index in [9.17, 15) is 5.11 Å². The number of aliphatic hydroxyl groups is 1. The zero-order valence-electron chi connectivity index (χ0n) is 13.3. The molecule has 0 bridgehead atoms. The highest BCUT2D eigenvalue weighted by molar-refractivity contribution is 6.67. The van der Waals surface area contributed by atoms with E-state index in [1.165, 1.54) is 5.56 Å². The fourth-order valence-corrected chi connectivity index (χ4v) is 3.15. The molecule has 0 radical (unpaired) electrons. The van der Waals surface area contributed by atoms with Gasteiger partial charge in [0.05, 0.1) is 17.5 Å². The summed E-state index contributed by atoms with van der Waals surface area (Å²) in [6, 6.07) is 7.72. The lowest BCUT2D eigenvalue weighted by atomic mass is 9.82. The van der Waals surface area contributed by atoms with E-state index in [0.717, 1.165) is 0 Å². The molecule has 1 unspecified atom stereocenters. The molecule has 0 aliphatic heterocycles. The molecule has 1 aromatic carbocycles. The minimum Gasteiger partial charge on any atom is -0.385 e. The number of benzene rings is 1. The summed E-state index contributed by atoms with van der Waals surface area (Å²) in [6.07, 6.45) is 1.70. The number of hydrogen-bond acceptors (Lipinski definition) is 3. The third-order valence-corrected chi connectivity index (χ3v) is 4.12. The van der Waals surface area contributed by atoms with Gasteiger partial charge in [-0.2, -0.15) is 15.4 Å². The molecule has 7 heteroatoms. The predicted molar refractivity (Wildman–Crippen MR) is 94.0 cm³/mol. The van der Waals surface area contributed by atoms with Gasteiger partial charge in [0.1, 0.15) is 0 Å². The second-order valence-electron chi connectivity index (χ2n) is 6.79. The van der Waals surface area contributed by atoms with Gasteiger partial charge >= 0.3 is 0 Å². The van der Waals surface area contributed by atoms with Crippen molar-refractivity contribution in [1.82, 2.24) is 15.4 Å². The maximum atomic E-state index is 11.1. The van der Waals surface area contributed by atoms with Crippen LogP contribution >= 0.6 is 34.8 Å². The summed E-state index contributed by atoms with van der Waals surface area (Å²) >= 11 is 17.8. The van der Waals surface area contributed by atoms with Crippen LogP contribution in [0.4, 0.5) is 0 Å². The van der Waals surface area contributed by atoms with Gasteiger partial charge < -0.3 is 5.11 Å². The van der Waals surface area contributed by atoms with E-state index in [0.29, 0.717) is 11.3 Å². The summed E-state index contributed by atoms with van der Waals surface area (Å²) < 4.78 is -1.58. The van der Waals surface area contributed by atoms with E-state index in [4.69, 9.17) is 34.8 Å². The van der Waals surface area contributed by atoms with Crippen LogP contribution in [0, 0.1) is 0 Å². The van der Waals surface area contributed by atoms with Crippen LogP contribution in [0.2, 0.25) is 0 Å². The number of aromatic nitrogens is 3. The minimum absolute atomic E-state index is 0.0258. The molecule has 0 spiro atoms. The molecule has 0 saturated carbocycles. The highest BCUT2D eigenvalue weighted by Gasteiger charge is 2.39. The van der Waals surface area contributed by atoms with Gasteiger partial charge in [-0.25, -0.2) is 0 Å². The van der Waals surface area contributed by atoms with E-state index >= 15 is 0 Å². The van der Waals surface area contributed by atoms with Crippen molar-refractivity contribution in [3.8, 4) is 0 Å². The molecular weight excluding hydrogens is 357 g/mol. The molecule has 23 heavy (non-hydrogen) atoms. The van der Waals surface area contributed by atoms with Gasteiger partial charge in [0.2, 0.25) is 0 Å². The molecule has 1 heterocycles. The van der Waals surface area contributed by atoms with E-state index < -0.39 is 9.39 Å². The average Bonchev–Trinajstić information content (AvgIpc) is 2.88. The maximum Gasteiger partial charge on any atom is 0.193 e. The van der Waals surface area contributed by atoms with Crippen molar-refractivity contribution in [1.29, 1.82) is 0 Å². The van der Waals surface area contributed by atoms with Crippen molar-refractivity contribution < 1.29 is 5.11 Å². The van der Waals surface area contributed by atoms with E-state index in [1.807, 2.05) is 24.3 Å². The molecule has 2 N–H and O–H groups in total. The Labute approximate surface area is 151 Å². The monoisotopic (exact) mass is 375 g/mol. The molecule has 0 aliphatic carbocycles. The summed E-state index contributed by atoms with van der Waals surface area (Å²) in [7, 11) is 0. The van der Waals surface area contributed by atoms with Gasteiger partial charge in [0.25, 0.3) is 0 Å². The number of nitrogens with zero attached hydrogens (tertiary/aromatic N) is 2. The Morgan fingerprint density at radius 1 is 1.04 bits per heavy atom. The number of rotatable bonds is 4. The van der Waals surface area contributed by atoms with Crippen molar-refractivity contribution >= 4 is 34.8 Å². The van der Waals surface area contributed by atoms with Crippen LogP contribution < -0.4 is 0 Å². The first kappa shape index (κ1) is 18.5. The van der Waals surface area contributed by atoms with Crippen LogP contribution in [0.25, 0.3) is 0 Å². The van der Waals surface area contributed by atoms with Gasteiger partial charge in [0.15, 0.2) is 3.79 Å². The lowest BCUT2D eigenvalue weighted by Crippen LogP contribution is -2.33. The van der Waals surface area contributed by atoms with Crippen molar-refractivity contribution in [3.63, 3.8) is 0 Å². The van der Waals surface area contributed by atoms with Crippen molar-refractivity contribution in [3.05, 3.63) is 47.3 Å². The number of nitrogens with one attached hydrogen (secondary N) is 1. The quantitative estimate of drug-likeness (QED) is 0.782. The normalized spacial score (nSPS) is 15.4. The Hall–Kier alpha value is -0.810. The molecule has 2 rings (SSSR count). The maximum absolute atomic E-state index is 11.1. The Kier molecular flexibility index (Phi) is 5.31. The molecule has 1 atom stereocenters. The van der Waals surface area contributed by atoms with Crippen LogP contribution in [0.15, 0.2) is 30.5 Å². The van der Waals surface area contributed by atoms with Crippen LogP contribution in [0.3, 0.4) is 0 Å². The zero-order chi connectivity index (χ0) is 17.3. The predicted octanol–water partition coefficient (Wildman–Crippen LogP) is 4.29. The first-order valence-electron chi connectivity index (χ1n) is 7.24. The second kappa shape index (κ2) is 6.60. The molecule has 4 nitrogen and oxygen atoms in total.